The van der Waals surface area contributed by atoms with Crippen molar-refractivity contribution in [2.75, 3.05) is 5.32 Å². The molecular weight excluding hydrogens is 200 g/mol. The first-order valence-corrected chi connectivity index (χ1v) is 5.00. The van der Waals surface area contributed by atoms with Crippen molar-refractivity contribution in [1.82, 2.24) is 15.2 Å². The second-order valence-corrected chi connectivity index (χ2v) is 4.13. The summed E-state index contributed by atoms with van der Waals surface area (Å²) in [5.41, 5.74) is 1.06. The summed E-state index contributed by atoms with van der Waals surface area (Å²) in [4.78, 5) is 5.52. The van der Waals surface area contributed by atoms with E-state index in [9.17, 15) is 0 Å². The molecule has 0 amide bonds. The monoisotopic (exact) mass is 210 g/mol. The Hall–Kier alpha value is -1.43. The Balaban J connectivity index is 2.01. The highest BCUT2D eigenvalue weighted by Gasteiger charge is 2.05. The van der Waals surface area contributed by atoms with E-state index in [0.29, 0.717) is 12.6 Å². The lowest BCUT2D eigenvalue weighted by Crippen LogP contribution is -1.99. The number of anilines is 1. The lowest BCUT2D eigenvalue weighted by molar-refractivity contribution is 0.565. The fourth-order valence-electron chi connectivity index (χ4n) is 1.14. The van der Waals surface area contributed by atoms with Crippen LogP contribution < -0.4 is 5.32 Å². The average Bonchev–Trinajstić information content (AvgIpc) is 2.72. The van der Waals surface area contributed by atoms with Crippen molar-refractivity contribution in [3.63, 3.8) is 0 Å². The van der Waals surface area contributed by atoms with Crippen molar-refractivity contribution >= 4 is 17.4 Å². The molecule has 0 fully saturated rings. The summed E-state index contributed by atoms with van der Waals surface area (Å²) in [5, 5.41) is 11.4. The highest BCUT2D eigenvalue weighted by atomic mass is 32.1. The Labute approximate surface area is 85.2 Å². The molecule has 1 N–H and O–H groups in total. The largest absolute Gasteiger partial charge is 0.411 e. The molecule has 0 spiro atoms. The second-order valence-electron chi connectivity index (χ2n) is 2.84. The fourth-order valence-corrected chi connectivity index (χ4v) is 2.02. The number of aromatic nitrogens is 3. The molecule has 14 heavy (non-hydrogen) atoms. The van der Waals surface area contributed by atoms with Crippen LogP contribution in [0.3, 0.4) is 0 Å². The van der Waals surface area contributed by atoms with Crippen molar-refractivity contribution in [1.29, 1.82) is 0 Å². The Morgan fingerprint density at radius 1 is 1.50 bits per heavy atom. The van der Waals surface area contributed by atoms with Crippen molar-refractivity contribution in [2.24, 2.45) is 0 Å². The van der Waals surface area contributed by atoms with Gasteiger partial charge in [-0.1, -0.05) is 5.10 Å². The summed E-state index contributed by atoms with van der Waals surface area (Å²) in [7, 11) is 0. The molecule has 0 saturated heterocycles. The van der Waals surface area contributed by atoms with E-state index in [4.69, 9.17) is 4.42 Å². The maximum atomic E-state index is 4.95. The molecule has 0 unspecified atom stereocenters. The predicted octanol–water partition coefficient (Wildman–Crippen LogP) is 1.76. The Morgan fingerprint density at radius 2 is 2.36 bits per heavy atom. The van der Waals surface area contributed by atoms with Crippen molar-refractivity contribution in [3.05, 3.63) is 22.0 Å². The normalized spacial score (nSPS) is 10.4. The number of rotatable bonds is 3. The molecule has 0 atom stereocenters. The van der Waals surface area contributed by atoms with Gasteiger partial charge in [-0.2, -0.15) is 0 Å². The van der Waals surface area contributed by atoms with Crippen LogP contribution >= 0.6 is 11.3 Å². The molecule has 0 aliphatic rings. The van der Waals surface area contributed by atoms with Gasteiger partial charge in [0.25, 0.3) is 0 Å². The zero-order valence-corrected chi connectivity index (χ0v) is 8.76. The van der Waals surface area contributed by atoms with Gasteiger partial charge in [-0.3, -0.25) is 0 Å². The Kier molecular flexibility index (Phi) is 2.45. The van der Waals surface area contributed by atoms with Crippen LogP contribution in [-0.4, -0.2) is 15.2 Å². The topological polar surface area (TPSA) is 63.8 Å². The van der Waals surface area contributed by atoms with Crippen molar-refractivity contribution in [3.8, 4) is 0 Å². The third kappa shape index (κ3) is 1.90. The van der Waals surface area contributed by atoms with E-state index in [-0.39, 0.29) is 0 Å². The lowest BCUT2D eigenvalue weighted by atomic mass is 10.4. The van der Waals surface area contributed by atoms with E-state index in [1.54, 1.807) is 11.3 Å². The smallest absolute Gasteiger partial charge is 0.315 e. The van der Waals surface area contributed by atoms with E-state index in [1.807, 2.05) is 13.8 Å². The molecule has 5 nitrogen and oxygen atoms in total. The number of nitrogens with zero attached hydrogens (tertiary/aromatic N) is 3. The molecular formula is C8H10N4OS. The van der Waals surface area contributed by atoms with E-state index in [1.165, 1.54) is 11.3 Å². The molecule has 0 aliphatic heterocycles. The highest BCUT2D eigenvalue weighted by molar-refractivity contribution is 7.11. The Morgan fingerprint density at radius 3 is 2.93 bits per heavy atom. The number of thiazole rings is 1. The van der Waals surface area contributed by atoms with Crippen LogP contribution in [0, 0.1) is 13.8 Å². The fraction of sp³-hybridized carbons (Fsp3) is 0.375. The number of hydrogen-bond donors (Lipinski definition) is 1. The highest BCUT2D eigenvalue weighted by Crippen LogP contribution is 2.17. The second kappa shape index (κ2) is 3.75. The zero-order chi connectivity index (χ0) is 9.97. The molecule has 2 aromatic heterocycles. The molecule has 0 aliphatic carbocycles. The maximum Gasteiger partial charge on any atom is 0.315 e. The molecule has 0 radical (unpaired) electrons. The van der Waals surface area contributed by atoms with Gasteiger partial charge in [0.05, 0.1) is 17.2 Å². The predicted molar refractivity (Wildman–Crippen MR) is 53.2 cm³/mol. The lowest BCUT2D eigenvalue weighted by Gasteiger charge is -1.97. The molecule has 2 heterocycles. The minimum absolute atomic E-state index is 0.440. The molecule has 74 valence electrons. The van der Waals surface area contributed by atoms with Crippen molar-refractivity contribution in [2.45, 2.75) is 20.4 Å². The van der Waals surface area contributed by atoms with E-state index >= 15 is 0 Å². The van der Waals surface area contributed by atoms with Gasteiger partial charge in [0.2, 0.25) is 6.39 Å². The Bertz CT molecular complexity index is 409. The van der Waals surface area contributed by atoms with Gasteiger partial charge >= 0.3 is 6.01 Å². The summed E-state index contributed by atoms with van der Waals surface area (Å²) < 4.78 is 4.95. The minimum Gasteiger partial charge on any atom is -0.411 e. The quantitative estimate of drug-likeness (QED) is 0.836. The molecule has 0 saturated carbocycles. The molecule has 0 bridgehead atoms. The van der Waals surface area contributed by atoms with Crippen molar-refractivity contribution < 1.29 is 4.42 Å². The third-order valence-corrected chi connectivity index (χ3v) is 2.83. The van der Waals surface area contributed by atoms with E-state index in [2.05, 4.69) is 20.5 Å². The zero-order valence-electron chi connectivity index (χ0n) is 7.94. The van der Waals surface area contributed by atoms with E-state index in [0.717, 1.165) is 10.7 Å². The summed E-state index contributed by atoms with van der Waals surface area (Å²) in [6.45, 7) is 4.67. The summed E-state index contributed by atoms with van der Waals surface area (Å²) in [5.74, 6) is 0. The minimum atomic E-state index is 0.440. The first kappa shape index (κ1) is 9.14. The maximum absolute atomic E-state index is 4.95. The summed E-state index contributed by atoms with van der Waals surface area (Å²) in [6.07, 6.45) is 1.30. The van der Waals surface area contributed by atoms with E-state index < -0.39 is 0 Å². The van der Waals surface area contributed by atoms with Gasteiger partial charge in [-0.05, 0) is 13.8 Å². The first-order valence-electron chi connectivity index (χ1n) is 4.18. The molecule has 0 aromatic carbocycles. The number of nitrogens with one attached hydrogen (secondary N) is 1. The molecule has 2 aromatic rings. The van der Waals surface area contributed by atoms with Gasteiger partial charge in [0, 0.05) is 4.88 Å². The number of hydrogen-bond acceptors (Lipinski definition) is 6. The van der Waals surface area contributed by atoms with Gasteiger partial charge in [0.15, 0.2) is 0 Å². The first-order chi connectivity index (χ1) is 6.75. The molecule has 6 heteroatoms. The van der Waals surface area contributed by atoms with Crippen LogP contribution in [0.2, 0.25) is 0 Å². The van der Waals surface area contributed by atoms with Gasteiger partial charge < -0.3 is 9.73 Å². The summed E-state index contributed by atoms with van der Waals surface area (Å²) in [6, 6.07) is 0.440. The SMILES string of the molecule is Cc1nc(C)c(CNc2nnco2)s1. The standard InChI is InChI=1S/C8H10N4OS/c1-5-7(14-6(2)11-5)3-9-8-12-10-4-13-8/h4H,3H2,1-2H3,(H,9,12). The summed E-state index contributed by atoms with van der Waals surface area (Å²) >= 11 is 1.67. The van der Waals surface area contributed by atoms with Crippen LogP contribution in [0.25, 0.3) is 0 Å². The van der Waals surface area contributed by atoms with Crippen LogP contribution in [0.1, 0.15) is 15.6 Å². The van der Waals surface area contributed by atoms with Crippen LogP contribution in [0.4, 0.5) is 6.01 Å². The van der Waals surface area contributed by atoms with Gasteiger partial charge in [-0.25, -0.2) is 4.98 Å². The third-order valence-electron chi connectivity index (χ3n) is 1.76. The molecule has 2 rings (SSSR count). The average molecular weight is 210 g/mol. The van der Waals surface area contributed by atoms with Gasteiger partial charge in [0.1, 0.15) is 0 Å². The number of aryl methyl sites for hydroxylation is 2. The van der Waals surface area contributed by atoms with Crippen LogP contribution in [0.5, 0.6) is 0 Å². The van der Waals surface area contributed by atoms with Gasteiger partial charge in [-0.15, -0.1) is 16.4 Å². The van der Waals surface area contributed by atoms with Crippen LogP contribution in [-0.2, 0) is 6.54 Å². The van der Waals surface area contributed by atoms with Crippen LogP contribution in [0.15, 0.2) is 10.8 Å².